The van der Waals surface area contributed by atoms with Crippen molar-refractivity contribution in [1.29, 1.82) is 0 Å². The van der Waals surface area contributed by atoms with Crippen molar-refractivity contribution in [3.05, 3.63) is 36.4 Å². The van der Waals surface area contributed by atoms with E-state index in [4.69, 9.17) is 9.16 Å². The van der Waals surface area contributed by atoms with Crippen LogP contribution in [0.2, 0.25) is 16.6 Å². The molecule has 0 aromatic heterocycles. The second-order valence-electron chi connectivity index (χ2n) is 8.21. The van der Waals surface area contributed by atoms with Crippen LogP contribution in [0, 0.1) is 0 Å². The molecule has 28 heavy (non-hydrogen) atoms. The molecule has 0 N–H and O–H groups in total. The van der Waals surface area contributed by atoms with Crippen LogP contribution in [0.5, 0.6) is 5.75 Å². The number of nitrogens with zero attached hydrogens (tertiary/aromatic N) is 1. The normalized spacial score (nSPS) is 20.0. The average Bonchev–Trinajstić information content (AvgIpc) is 2.61. The Hall–Kier alpha value is -1.73. The summed E-state index contributed by atoms with van der Waals surface area (Å²) in [7, 11) is -0.835. The Morgan fingerprint density at radius 1 is 1.04 bits per heavy atom. The van der Waals surface area contributed by atoms with Crippen molar-refractivity contribution in [1.82, 2.24) is 0 Å². The smallest absolute Gasteiger partial charge is 0.268 e. The third kappa shape index (κ3) is 4.01. The fraction of sp³-hybridized carbons (Fsp3) is 0.571. The first kappa shape index (κ1) is 22.6. The van der Waals surface area contributed by atoms with Crippen LogP contribution >= 0.6 is 0 Å². The zero-order valence-electron chi connectivity index (χ0n) is 17.7. The minimum absolute atomic E-state index is 0.259. The lowest BCUT2D eigenvalue weighted by Crippen LogP contribution is -2.69. The maximum atomic E-state index is 13.2. The van der Waals surface area contributed by atoms with Crippen LogP contribution in [-0.2, 0) is 9.22 Å². The van der Waals surface area contributed by atoms with Gasteiger partial charge in [0.15, 0.2) is 0 Å². The van der Waals surface area contributed by atoms with Gasteiger partial charge in [-0.2, -0.15) is 8.78 Å². The van der Waals surface area contributed by atoms with Crippen molar-refractivity contribution in [2.45, 2.75) is 70.3 Å². The lowest BCUT2D eigenvalue weighted by Gasteiger charge is -2.52. The summed E-state index contributed by atoms with van der Waals surface area (Å²) in [4.78, 5) is 14.4. The lowest BCUT2D eigenvalue weighted by atomic mass is 9.97. The molecule has 1 aliphatic rings. The Bertz CT molecular complexity index is 693. The zero-order valence-corrected chi connectivity index (χ0v) is 18.7. The fourth-order valence-electron chi connectivity index (χ4n) is 4.56. The summed E-state index contributed by atoms with van der Waals surface area (Å²) < 4.78 is 38.0. The van der Waals surface area contributed by atoms with Gasteiger partial charge in [-0.05, 0) is 40.9 Å². The van der Waals surface area contributed by atoms with Crippen LogP contribution in [0.25, 0.3) is 0 Å². The molecule has 2 rings (SSSR count). The summed E-state index contributed by atoms with van der Waals surface area (Å²) in [5, 5.41) is 0. The predicted molar refractivity (Wildman–Crippen MR) is 110 cm³/mol. The van der Waals surface area contributed by atoms with Gasteiger partial charge >= 0.3 is 0 Å². The van der Waals surface area contributed by atoms with Crippen LogP contribution < -0.4 is 9.64 Å². The molecule has 2 atom stereocenters. The number of hydrogen-bond acceptors (Lipinski definition) is 3. The molecule has 1 amide bonds. The molecule has 1 aliphatic heterocycles. The topological polar surface area (TPSA) is 38.8 Å². The van der Waals surface area contributed by atoms with E-state index in [1.54, 1.807) is 31.4 Å². The highest BCUT2D eigenvalue weighted by molar-refractivity contribution is 6.77. The quantitative estimate of drug-likeness (QED) is 0.404. The molecule has 0 bridgehead atoms. The monoisotopic (exact) mass is 411 g/mol. The SMILES string of the molecule is COc1ccc(N2C(=O)C(O[Si](C(C)C)(C(C)C)C(C)C)C2C=C(F)F)cc1. The van der Waals surface area contributed by atoms with Crippen molar-refractivity contribution >= 4 is 19.9 Å². The van der Waals surface area contributed by atoms with E-state index in [9.17, 15) is 13.6 Å². The summed E-state index contributed by atoms with van der Waals surface area (Å²) in [5.74, 6) is 0.366. The molecular formula is C21H31F2NO3Si. The minimum Gasteiger partial charge on any atom is -0.497 e. The van der Waals surface area contributed by atoms with Crippen molar-refractivity contribution < 1.29 is 22.7 Å². The van der Waals surface area contributed by atoms with Gasteiger partial charge in [0.2, 0.25) is 8.32 Å². The van der Waals surface area contributed by atoms with Gasteiger partial charge in [0.05, 0.1) is 13.2 Å². The highest BCUT2D eigenvalue weighted by Gasteiger charge is 2.55. The van der Waals surface area contributed by atoms with E-state index in [2.05, 4.69) is 41.5 Å². The van der Waals surface area contributed by atoms with Gasteiger partial charge in [-0.15, -0.1) is 0 Å². The van der Waals surface area contributed by atoms with Crippen LogP contribution in [-0.4, -0.2) is 33.5 Å². The maximum absolute atomic E-state index is 13.2. The summed E-state index contributed by atoms with van der Waals surface area (Å²) in [5.41, 5.74) is 1.33. The Kier molecular flexibility index (Phi) is 7.04. The van der Waals surface area contributed by atoms with Crippen LogP contribution in [0.15, 0.2) is 36.4 Å². The van der Waals surface area contributed by atoms with Crippen LogP contribution in [0.4, 0.5) is 14.5 Å². The molecule has 156 valence electrons. The summed E-state index contributed by atoms with van der Waals surface area (Å²) >= 11 is 0. The molecular weight excluding hydrogens is 380 g/mol. The number of ether oxygens (including phenoxy) is 1. The number of anilines is 1. The molecule has 4 nitrogen and oxygen atoms in total. The first-order chi connectivity index (χ1) is 13.1. The van der Waals surface area contributed by atoms with E-state index in [0.717, 1.165) is 6.08 Å². The molecule has 1 heterocycles. The molecule has 0 radical (unpaired) electrons. The van der Waals surface area contributed by atoms with E-state index in [0.29, 0.717) is 11.4 Å². The number of hydrogen-bond donors (Lipinski definition) is 0. The Morgan fingerprint density at radius 3 is 1.93 bits per heavy atom. The van der Waals surface area contributed by atoms with Gasteiger partial charge in [-0.25, -0.2) is 0 Å². The first-order valence-corrected chi connectivity index (χ1v) is 11.9. The lowest BCUT2D eigenvalue weighted by molar-refractivity contribution is -0.134. The van der Waals surface area contributed by atoms with E-state index in [-0.39, 0.29) is 22.5 Å². The first-order valence-electron chi connectivity index (χ1n) is 9.74. The fourth-order valence-corrected chi connectivity index (χ4v) is 10.1. The van der Waals surface area contributed by atoms with Crippen LogP contribution in [0.1, 0.15) is 41.5 Å². The average molecular weight is 412 g/mol. The van der Waals surface area contributed by atoms with Crippen molar-refractivity contribution in [3.63, 3.8) is 0 Å². The minimum atomic E-state index is -2.38. The standard InChI is InChI=1S/C21H31F2NO3Si/c1-13(2)28(14(3)4,15(5)6)27-20-18(12-19(22)23)24(21(20)25)16-8-10-17(26-7)11-9-16/h8-15,18,20H,1-7H3. The van der Waals surface area contributed by atoms with E-state index in [1.807, 2.05) is 0 Å². The third-order valence-electron chi connectivity index (χ3n) is 5.77. The highest BCUT2D eigenvalue weighted by atomic mass is 28.4. The van der Waals surface area contributed by atoms with Gasteiger partial charge in [0.1, 0.15) is 11.9 Å². The van der Waals surface area contributed by atoms with E-state index >= 15 is 0 Å². The number of benzene rings is 1. The number of carbonyl (C=O) groups is 1. The van der Waals surface area contributed by atoms with Crippen molar-refractivity contribution in [2.24, 2.45) is 0 Å². The second-order valence-corrected chi connectivity index (χ2v) is 13.6. The number of amides is 1. The molecule has 0 saturated carbocycles. The predicted octanol–water partition coefficient (Wildman–Crippen LogP) is 5.75. The van der Waals surface area contributed by atoms with E-state index in [1.165, 1.54) is 4.90 Å². The number of carbonyl (C=O) groups excluding carboxylic acids is 1. The molecule has 1 fully saturated rings. The van der Waals surface area contributed by atoms with Crippen molar-refractivity contribution in [3.8, 4) is 5.75 Å². The number of β-lactam (4-membered cyclic amide) rings is 1. The Labute approximate surface area is 167 Å². The van der Waals surface area contributed by atoms with Gasteiger partial charge in [-0.1, -0.05) is 41.5 Å². The molecule has 1 aromatic carbocycles. The number of methoxy groups -OCH3 is 1. The Balaban J connectivity index is 2.38. The summed E-state index contributed by atoms with van der Waals surface area (Å²) in [6.07, 6.45) is -1.85. The number of rotatable bonds is 8. The zero-order chi connectivity index (χ0) is 21.2. The maximum Gasteiger partial charge on any atom is 0.268 e. The second kappa shape index (κ2) is 8.74. The van der Waals surface area contributed by atoms with Gasteiger partial charge in [-0.3, -0.25) is 9.69 Å². The third-order valence-corrected chi connectivity index (χ3v) is 11.9. The van der Waals surface area contributed by atoms with Gasteiger partial charge in [0.25, 0.3) is 12.0 Å². The highest BCUT2D eigenvalue weighted by Crippen LogP contribution is 2.45. The molecule has 2 unspecified atom stereocenters. The molecule has 0 aliphatic carbocycles. The number of halogens is 2. The molecule has 1 aromatic rings. The molecule has 7 heteroatoms. The Morgan fingerprint density at radius 2 is 1.54 bits per heavy atom. The largest absolute Gasteiger partial charge is 0.497 e. The van der Waals surface area contributed by atoms with Gasteiger partial charge in [0, 0.05) is 11.8 Å². The van der Waals surface area contributed by atoms with Crippen molar-refractivity contribution in [2.75, 3.05) is 12.0 Å². The molecule has 0 spiro atoms. The molecule has 1 saturated heterocycles. The summed E-state index contributed by atoms with van der Waals surface area (Å²) in [6.45, 7) is 12.6. The van der Waals surface area contributed by atoms with E-state index < -0.39 is 26.5 Å². The van der Waals surface area contributed by atoms with Gasteiger partial charge < -0.3 is 9.16 Å². The summed E-state index contributed by atoms with van der Waals surface area (Å²) in [6, 6.07) is 6.00. The van der Waals surface area contributed by atoms with Crippen LogP contribution in [0.3, 0.4) is 0 Å².